The Kier molecular flexibility index (Phi) is 3.71. The van der Waals surface area contributed by atoms with E-state index >= 15 is 0 Å². The first-order valence-electron chi connectivity index (χ1n) is 6.99. The van der Waals surface area contributed by atoms with Crippen LogP contribution in [0.15, 0.2) is 0 Å². The van der Waals surface area contributed by atoms with Crippen molar-refractivity contribution in [3.63, 3.8) is 0 Å². The first kappa shape index (κ1) is 11.4. The minimum atomic E-state index is 0.773. The van der Waals surface area contributed by atoms with Crippen LogP contribution in [0.1, 0.15) is 65.7 Å². The van der Waals surface area contributed by atoms with Crippen LogP contribution in [0.4, 0.5) is 0 Å². The van der Waals surface area contributed by atoms with Gasteiger partial charge in [0.1, 0.15) is 0 Å². The van der Waals surface area contributed by atoms with Gasteiger partial charge in [0, 0.05) is 18.1 Å². The van der Waals surface area contributed by atoms with Crippen molar-refractivity contribution in [3.05, 3.63) is 0 Å². The minimum absolute atomic E-state index is 0.773. The lowest BCUT2D eigenvalue weighted by molar-refractivity contribution is 0.0701. The number of nitrogens with zero attached hydrogens (tertiary/aromatic N) is 1. The number of unbranched alkanes of at least 4 members (excludes halogenated alkanes) is 1. The van der Waals surface area contributed by atoms with Gasteiger partial charge in [-0.3, -0.25) is 4.90 Å². The maximum Gasteiger partial charge on any atom is 0.0104 e. The van der Waals surface area contributed by atoms with E-state index in [2.05, 4.69) is 25.7 Å². The summed E-state index contributed by atoms with van der Waals surface area (Å²) in [4.78, 5) is 2.81. The molecule has 2 heterocycles. The predicted molar refractivity (Wildman–Crippen MR) is 66.0 cm³/mol. The summed E-state index contributed by atoms with van der Waals surface area (Å²) in [6, 6.07) is 2.64. The number of piperidine rings is 1. The number of hydrogen-bond donors (Lipinski definition) is 0. The zero-order valence-electron chi connectivity index (χ0n) is 10.7. The molecule has 0 saturated carbocycles. The molecule has 2 fully saturated rings. The molecule has 2 bridgehead atoms. The van der Waals surface area contributed by atoms with Gasteiger partial charge in [0.2, 0.25) is 0 Å². The van der Waals surface area contributed by atoms with Gasteiger partial charge in [0.25, 0.3) is 0 Å². The summed E-state index contributed by atoms with van der Waals surface area (Å²) >= 11 is 0. The fourth-order valence-electron chi connectivity index (χ4n) is 3.90. The van der Waals surface area contributed by atoms with Crippen molar-refractivity contribution in [1.82, 2.24) is 4.90 Å². The first-order chi connectivity index (χ1) is 7.22. The van der Waals surface area contributed by atoms with Gasteiger partial charge < -0.3 is 0 Å². The third kappa shape index (κ3) is 2.38. The van der Waals surface area contributed by atoms with Crippen LogP contribution in [-0.2, 0) is 0 Å². The van der Waals surface area contributed by atoms with Gasteiger partial charge >= 0.3 is 0 Å². The lowest BCUT2D eigenvalue weighted by Gasteiger charge is -2.41. The lowest BCUT2D eigenvalue weighted by atomic mass is 9.86. The van der Waals surface area contributed by atoms with E-state index in [0.29, 0.717) is 0 Å². The SMILES string of the molecule is CCCCC1CC2CCC(C1)N2C(C)C. The minimum Gasteiger partial charge on any atom is -0.295 e. The van der Waals surface area contributed by atoms with Gasteiger partial charge in [-0.1, -0.05) is 26.2 Å². The number of hydrogen-bond acceptors (Lipinski definition) is 1. The summed E-state index contributed by atoms with van der Waals surface area (Å²) < 4.78 is 0. The van der Waals surface area contributed by atoms with Crippen LogP contribution in [0.2, 0.25) is 0 Å². The van der Waals surface area contributed by atoms with Gasteiger partial charge in [-0.05, 0) is 45.4 Å². The molecule has 15 heavy (non-hydrogen) atoms. The second-order valence-corrected chi connectivity index (χ2v) is 5.91. The molecule has 0 aliphatic carbocycles. The van der Waals surface area contributed by atoms with Crippen molar-refractivity contribution in [3.8, 4) is 0 Å². The molecule has 0 aromatic carbocycles. The molecule has 2 saturated heterocycles. The maximum atomic E-state index is 2.81. The van der Waals surface area contributed by atoms with Crippen molar-refractivity contribution < 1.29 is 0 Å². The van der Waals surface area contributed by atoms with Crippen molar-refractivity contribution in [2.24, 2.45) is 5.92 Å². The third-order valence-electron chi connectivity index (χ3n) is 4.45. The van der Waals surface area contributed by atoms with Crippen molar-refractivity contribution in [1.29, 1.82) is 0 Å². The molecule has 1 heteroatoms. The maximum absolute atomic E-state index is 2.81. The molecule has 0 N–H and O–H groups in total. The highest BCUT2D eigenvalue weighted by Gasteiger charge is 2.41. The molecule has 2 aliphatic heterocycles. The Morgan fingerprint density at radius 3 is 2.20 bits per heavy atom. The van der Waals surface area contributed by atoms with E-state index in [4.69, 9.17) is 0 Å². The van der Waals surface area contributed by atoms with Gasteiger partial charge in [-0.15, -0.1) is 0 Å². The fourth-order valence-corrected chi connectivity index (χ4v) is 3.90. The predicted octanol–water partition coefficient (Wildman–Crippen LogP) is 3.83. The molecule has 0 spiro atoms. The molecule has 0 aromatic heterocycles. The van der Waals surface area contributed by atoms with Crippen LogP contribution in [-0.4, -0.2) is 23.0 Å². The van der Waals surface area contributed by atoms with Crippen LogP contribution in [0.5, 0.6) is 0 Å². The van der Waals surface area contributed by atoms with Gasteiger partial charge in [-0.2, -0.15) is 0 Å². The fraction of sp³-hybridized carbons (Fsp3) is 1.00. The van der Waals surface area contributed by atoms with E-state index < -0.39 is 0 Å². The molecular formula is C14H27N. The van der Waals surface area contributed by atoms with Crippen LogP contribution in [0.3, 0.4) is 0 Å². The quantitative estimate of drug-likeness (QED) is 0.680. The van der Waals surface area contributed by atoms with E-state index in [1.54, 1.807) is 0 Å². The van der Waals surface area contributed by atoms with Crippen LogP contribution < -0.4 is 0 Å². The lowest BCUT2D eigenvalue weighted by Crippen LogP contribution is -2.46. The summed E-state index contributed by atoms with van der Waals surface area (Å²) in [7, 11) is 0. The number of fused-ring (bicyclic) bond motifs is 2. The van der Waals surface area contributed by atoms with E-state index in [0.717, 1.165) is 24.0 Å². The summed E-state index contributed by atoms with van der Waals surface area (Å²) in [5.74, 6) is 1.05. The van der Waals surface area contributed by atoms with Crippen LogP contribution >= 0.6 is 0 Å². The summed E-state index contributed by atoms with van der Waals surface area (Å²) in [6.07, 6.45) is 10.3. The molecule has 2 atom stereocenters. The molecule has 0 radical (unpaired) electrons. The first-order valence-corrected chi connectivity index (χ1v) is 6.99. The summed E-state index contributed by atoms with van der Waals surface area (Å²) in [6.45, 7) is 7.06. The van der Waals surface area contributed by atoms with E-state index in [9.17, 15) is 0 Å². The smallest absolute Gasteiger partial charge is 0.0104 e. The standard InChI is InChI=1S/C14H27N/c1-4-5-6-12-9-13-7-8-14(10-12)15(13)11(2)3/h11-14H,4-10H2,1-3H3. The van der Waals surface area contributed by atoms with Gasteiger partial charge in [0.15, 0.2) is 0 Å². The Bertz CT molecular complexity index is 186. The van der Waals surface area contributed by atoms with Gasteiger partial charge in [0.05, 0.1) is 0 Å². The molecule has 88 valence electrons. The molecule has 2 aliphatic rings. The van der Waals surface area contributed by atoms with E-state index in [1.807, 2.05) is 0 Å². The van der Waals surface area contributed by atoms with Crippen molar-refractivity contribution >= 4 is 0 Å². The highest BCUT2D eigenvalue weighted by molar-refractivity contribution is 4.96. The molecule has 2 rings (SSSR count). The summed E-state index contributed by atoms with van der Waals surface area (Å²) in [5.41, 5.74) is 0. The Morgan fingerprint density at radius 2 is 1.73 bits per heavy atom. The second kappa shape index (κ2) is 4.86. The monoisotopic (exact) mass is 209 g/mol. The highest BCUT2D eigenvalue weighted by Crippen LogP contribution is 2.41. The normalized spacial score (nSPS) is 36.4. The molecule has 2 unspecified atom stereocenters. The van der Waals surface area contributed by atoms with Gasteiger partial charge in [-0.25, -0.2) is 0 Å². The van der Waals surface area contributed by atoms with Crippen molar-refractivity contribution in [2.75, 3.05) is 0 Å². The Balaban J connectivity index is 1.90. The Morgan fingerprint density at radius 1 is 1.13 bits per heavy atom. The highest BCUT2D eigenvalue weighted by atomic mass is 15.2. The largest absolute Gasteiger partial charge is 0.295 e. The average Bonchev–Trinajstić information content (AvgIpc) is 2.48. The number of rotatable bonds is 4. The van der Waals surface area contributed by atoms with E-state index in [-0.39, 0.29) is 0 Å². The molecular weight excluding hydrogens is 182 g/mol. The zero-order chi connectivity index (χ0) is 10.8. The average molecular weight is 209 g/mol. The zero-order valence-corrected chi connectivity index (χ0v) is 10.7. The Hall–Kier alpha value is -0.0400. The van der Waals surface area contributed by atoms with Crippen LogP contribution in [0, 0.1) is 5.92 Å². The Labute approximate surface area is 95.2 Å². The molecule has 1 nitrogen and oxygen atoms in total. The van der Waals surface area contributed by atoms with Crippen LogP contribution in [0.25, 0.3) is 0 Å². The third-order valence-corrected chi connectivity index (χ3v) is 4.45. The van der Waals surface area contributed by atoms with E-state index in [1.165, 1.54) is 44.9 Å². The van der Waals surface area contributed by atoms with Crippen molar-refractivity contribution in [2.45, 2.75) is 83.8 Å². The summed E-state index contributed by atoms with van der Waals surface area (Å²) in [5, 5.41) is 0. The molecule has 0 amide bonds. The second-order valence-electron chi connectivity index (χ2n) is 5.91. The molecule has 0 aromatic rings. The topological polar surface area (TPSA) is 3.24 Å².